The van der Waals surface area contributed by atoms with Crippen molar-refractivity contribution < 1.29 is 13.6 Å². The van der Waals surface area contributed by atoms with Crippen molar-refractivity contribution in [2.24, 2.45) is 0 Å². The summed E-state index contributed by atoms with van der Waals surface area (Å²) >= 11 is 0. The first-order valence-electron chi connectivity index (χ1n) is 9.26. The average molecular weight is 391 g/mol. The summed E-state index contributed by atoms with van der Waals surface area (Å²) in [6.07, 6.45) is 1.74. The van der Waals surface area contributed by atoms with Gasteiger partial charge in [-0.2, -0.15) is 5.10 Å². The molecule has 0 fully saturated rings. The summed E-state index contributed by atoms with van der Waals surface area (Å²) in [5, 5.41) is 8.23. The second-order valence-electron chi connectivity index (χ2n) is 6.95. The van der Waals surface area contributed by atoms with Gasteiger partial charge in [-0.1, -0.05) is 30.3 Å². The van der Waals surface area contributed by atoms with E-state index in [9.17, 15) is 13.6 Å². The van der Waals surface area contributed by atoms with Crippen LogP contribution in [0.4, 0.5) is 8.78 Å². The average Bonchev–Trinajstić information content (AvgIpc) is 3.12. The number of amides is 1. The first-order valence-corrected chi connectivity index (χ1v) is 9.26. The molecule has 0 spiro atoms. The lowest BCUT2D eigenvalue weighted by Gasteiger charge is -2.14. The molecule has 0 aliphatic heterocycles. The fraction of sp³-hybridized carbons (Fsp3) is 0.130. The standard InChI is InChI=1S/C23H19F2N3O/c1-15(17-6-10-21(25)11-7-17)27-23(29)18-4-5-19-13-26-28(22(19)12-18)14-16-2-8-20(24)9-3-16/h2-13,15H,14H2,1H3,(H,27,29). The molecule has 1 aromatic heterocycles. The van der Waals surface area contributed by atoms with Crippen LogP contribution < -0.4 is 5.32 Å². The van der Waals surface area contributed by atoms with Gasteiger partial charge < -0.3 is 5.32 Å². The lowest BCUT2D eigenvalue weighted by Crippen LogP contribution is -2.26. The molecule has 29 heavy (non-hydrogen) atoms. The SMILES string of the molecule is CC(NC(=O)c1ccc2cnn(Cc3ccc(F)cc3)c2c1)c1ccc(F)cc1. The van der Waals surface area contributed by atoms with Crippen molar-refractivity contribution in [2.45, 2.75) is 19.5 Å². The predicted octanol–water partition coefficient (Wildman–Crippen LogP) is 4.85. The van der Waals surface area contributed by atoms with E-state index in [4.69, 9.17) is 0 Å². The molecule has 0 aliphatic rings. The number of carbonyl (C=O) groups excluding carboxylic acids is 1. The molecule has 4 nitrogen and oxygen atoms in total. The number of aromatic nitrogens is 2. The topological polar surface area (TPSA) is 46.9 Å². The van der Waals surface area contributed by atoms with Crippen LogP contribution in [0.1, 0.15) is 34.5 Å². The fourth-order valence-electron chi connectivity index (χ4n) is 3.22. The largest absolute Gasteiger partial charge is 0.346 e. The van der Waals surface area contributed by atoms with Crippen molar-refractivity contribution in [3.05, 3.63) is 101 Å². The summed E-state index contributed by atoms with van der Waals surface area (Å²) in [7, 11) is 0. The smallest absolute Gasteiger partial charge is 0.251 e. The number of benzene rings is 3. The van der Waals surface area contributed by atoms with Crippen LogP contribution in [0.3, 0.4) is 0 Å². The number of fused-ring (bicyclic) bond motifs is 1. The monoisotopic (exact) mass is 391 g/mol. The van der Waals surface area contributed by atoms with Crippen molar-refractivity contribution in [3.63, 3.8) is 0 Å². The van der Waals surface area contributed by atoms with Crippen molar-refractivity contribution >= 4 is 16.8 Å². The highest BCUT2D eigenvalue weighted by atomic mass is 19.1. The Bertz CT molecular complexity index is 1150. The summed E-state index contributed by atoms with van der Waals surface area (Å²) in [5.41, 5.74) is 3.06. The molecule has 146 valence electrons. The molecule has 1 amide bonds. The molecular formula is C23H19F2N3O. The van der Waals surface area contributed by atoms with Gasteiger partial charge in [0.1, 0.15) is 11.6 Å². The lowest BCUT2D eigenvalue weighted by atomic mass is 10.1. The molecule has 0 saturated carbocycles. The molecule has 1 unspecified atom stereocenters. The van der Waals surface area contributed by atoms with E-state index in [1.165, 1.54) is 24.3 Å². The van der Waals surface area contributed by atoms with Crippen molar-refractivity contribution in [1.29, 1.82) is 0 Å². The Kier molecular flexibility index (Phi) is 5.08. The quantitative estimate of drug-likeness (QED) is 0.528. The van der Waals surface area contributed by atoms with Gasteiger partial charge in [-0.05, 0) is 54.4 Å². The van der Waals surface area contributed by atoms with Gasteiger partial charge in [-0.15, -0.1) is 0 Å². The zero-order chi connectivity index (χ0) is 20.4. The molecule has 0 saturated heterocycles. The molecule has 4 aromatic rings. The second kappa shape index (κ2) is 7.83. The zero-order valence-corrected chi connectivity index (χ0v) is 15.8. The minimum absolute atomic E-state index is 0.224. The second-order valence-corrected chi connectivity index (χ2v) is 6.95. The summed E-state index contributed by atoms with van der Waals surface area (Å²) < 4.78 is 28.0. The number of hydrogen-bond donors (Lipinski definition) is 1. The van der Waals surface area contributed by atoms with Gasteiger partial charge in [0.25, 0.3) is 5.91 Å². The zero-order valence-electron chi connectivity index (χ0n) is 15.8. The maximum atomic E-state index is 13.1. The Labute approximate surface area is 166 Å². The molecule has 1 N–H and O–H groups in total. The molecule has 0 radical (unpaired) electrons. The van der Waals surface area contributed by atoms with E-state index in [1.54, 1.807) is 47.3 Å². The molecular weight excluding hydrogens is 372 g/mol. The van der Waals surface area contributed by atoms with Crippen LogP contribution >= 0.6 is 0 Å². The van der Waals surface area contributed by atoms with Gasteiger partial charge in [-0.3, -0.25) is 9.48 Å². The van der Waals surface area contributed by atoms with Crippen LogP contribution in [0.25, 0.3) is 10.9 Å². The van der Waals surface area contributed by atoms with Gasteiger partial charge in [0.2, 0.25) is 0 Å². The maximum absolute atomic E-state index is 13.1. The van der Waals surface area contributed by atoms with Crippen molar-refractivity contribution in [3.8, 4) is 0 Å². The molecule has 0 aliphatic carbocycles. The van der Waals surface area contributed by atoms with E-state index in [-0.39, 0.29) is 23.6 Å². The van der Waals surface area contributed by atoms with E-state index in [1.807, 2.05) is 13.0 Å². The van der Waals surface area contributed by atoms with Gasteiger partial charge in [0.15, 0.2) is 0 Å². The highest BCUT2D eigenvalue weighted by Gasteiger charge is 2.13. The molecule has 4 rings (SSSR count). The van der Waals surface area contributed by atoms with Crippen LogP contribution in [-0.4, -0.2) is 15.7 Å². The first-order chi connectivity index (χ1) is 14.0. The molecule has 1 heterocycles. The van der Waals surface area contributed by atoms with Crippen LogP contribution in [0.2, 0.25) is 0 Å². The van der Waals surface area contributed by atoms with Crippen molar-refractivity contribution in [2.75, 3.05) is 0 Å². The minimum Gasteiger partial charge on any atom is -0.346 e. The van der Waals surface area contributed by atoms with Crippen LogP contribution in [0, 0.1) is 11.6 Å². The number of hydrogen-bond acceptors (Lipinski definition) is 2. The summed E-state index contributed by atoms with van der Waals surface area (Å²) in [6, 6.07) is 17.4. The number of halogens is 2. The fourth-order valence-corrected chi connectivity index (χ4v) is 3.22. The van der Waals surface area contributed by atoms with E-state index in [2.05, 4.69) is 10.4 Å². The lowest BCUT2D eigenvalue weighted by molar-refractivity contribution is 0.0940. The summed E-state index contributed by atoms with van der Waals surface area (Å²) in [4.78, 5) is 12.7. The van der Waals surface area contributed by atoms with E-state index >= 15 is 0 Å². The molecule has 3 aromatic carbocycles. The Morgan fingerprint density at radius 3 is 2.34 bits per heavy atom. The highest BCUT2D eigenvalue weighted by molar-refractivity contribution is 5.98. The number of nitrogens with zero attached hydrogens (tertiary/aromatic N) is 2. The minimum atomic E-state index is -0.313. The highest BCUT2D eigenvalue weighted by Crippen LogP contribution is 2.19. The third kappa shape index (κ3) is 4.16. The Hall–Kier alpha value is -3.54. The Balaban J connectivity index is 1.55. The van der Waals surface area contributed by atoms with Gasteiger partial charge in [-0.25, -0.2) is 8.78 Å². The van der Waals surface area contributed by atoms with Crippen molar-refractivity contribution in [1.82, 2.24) is 15.1 Å². The van der Waals surface area contributed by atoms with Crippen LogP contribution in [-0.2, 0) is 6.54 Å². The first kappa shape index (κ1) is 18.8. The molecule has 1 atom stereocenters. The van der Waals surface area contributed by atoms with Gasteiger partial charge in [0.05, 0.1) is 24.3 Å². The van der Waals surface area contributed by atoms with E-state index in [0.717, 1.165) is 22.0 Å². The number of rotatable bonds is 5. The normalized spacial score (nSPS) is 12.1. The van der Waals surface area contributed by atoms with Crippen LogP contribution in [0.5, 0.6) is 0 Å². The molecule has 0 bridgehead atoms. The molecule has 6 heteroatoms. The Morgan fingerprint density at radius 2 is 1.66 bits per heavy atom. The maximum Gasteiger partial charge on any atom is 0.251 e. The van der Waals surface area contributed by atoms with E-state index < -0.39 is 0 Å². The third-order valence-corrected chi connectivity index (χ3v) is 4.87. The van der Waals surface area contributed by atoms with Gasteiger partial charge >= 0.3 is 0 Å². The van der Waals surface area contributed by atoms with Crippen LogP contribution in [0.15, 0.2) is 72.9 Å². The van der Waals surface area contributed by atoms with Gasteiger partial charge in [0, 0.05) is 10.9 Å². The number of carbonyl (C=O) groups is 1. The third-order valence-electron chi connectivity index (χ3n) is 4.87. The summed E-state index contributed by atoms with van der Waals surface area (Å²) in [5.74, 6) is -0.821. The summed E-state index contributed by atoms with van der Waals surface area (Å²) in [6.45, 7) is 2.32. The Morgan fingerprint density at radius 1 is 1.00 bits per heavy atom. The van der Waals surface area contributed by atoms with E-state index in [0.29, 0.717) is 12.1 Å². The number of nitrogens with one attached hydrogen (secondary N) is 1. The predicted molar refractivity (Wildman–Crippen MR) is 108 cm³/mol.